The Balaban J connectivity index is 1.70. The average Bonchev–Trinajstić information content (AvgIpc) is 3.04. The van der Waals surface area contributed by atoms with Gasteiger partial charge in [0, 0.05) is 18.3 Å². The van der Waals surface area contributed by atoms with E-state index in [4.69, 9.17) is 4.74 Å². The summed E-state index contributed by atoms with van der Waals surface area (Å²) in [4.78, 5) is 14.4. The summed E-state index contributed by atoms with van der Waals surface area (Å²) in [6, 6.07) is 8.40. The standard InChI is InChI=1S/C16H22N2O2/c1-11-10-13-6-3-4-7-14(13)18(11)16(19)17-12(2)15-8-5-9-20-15/h3-4,6-7,11-12,15H,5,8-10H2,1-2H3,(H,17,19)/t11-,12-,15-/m0/s1. The van der Waals surface area contributed by atoms with Crippen molar-refractivity contribution in [2.45, 2.75) is 51.3 Å². The van der Waals surface area contributed by atoms with Crippen LogP contribution < -0.4 is 10.2 Å². The third kappa shape index (κ3) is 2.40. The van der Waals surface area contributed by atoms with Crippen LogP contribution in [0, 0.1) is 0 Å². The first-order valence-corrected chi connectivity index (χ1v) is 7.46. The van der Waals surface area contributed by atoms with Crippen molar-refractivity contribution < 1.29 is 9.53 Å². The van der Waals surface area contributed by atoms with E-state index in [2.05, 4.69) is 18.3 Å². The van der Waals surface area contributed by atoms with Gasteiger partial charge in [-0.1, -0.05) is 18.2 Å². The van der Waals surface area contributed by atoms with Crippen molar-refractivity contribution in [3.05, 3.63) is 29.8 Å². The molecule has 0 saturated carbocycles. The Morgan fingerprint density at radius 3 is 3.00 bits per heavy atom. The monoisotopic (exact) mass is 274 g/mol. The van der Waals surface area contributed by atoms with E-state index >= 15 is 0 Å². The van der Waals surface area contributed by atoms with E-state index in [-0.39, 0.29) is 24.2 Å². The Morgan fingerprint density at radius 1 is 1.45 bits per heavy atom. The fourth-order valence-electron chi connectivity index (χ4n) is 3.23. The lowest BCUT2D eigenvalue weighted by Gasteiger charge is -2.27. The zero-order chi connectivity index (χ0) is 14.1. The summed E-state index contributed by atoms with van der Waals surface area (Å²) in [6.07, 6.45) is 3.21. The minimum Gasteiger partial charge on any atom is -0.376 e. The number of para-hydroxylation sites is 1. The molecule has 1 fully saturated rings. The number of anilines is 1. The van der Waals surface area contributed by atoms with E-state index in [1.807, 2.05) is 30.0 Å². The predicted molar refractivity (Wildman–Crippen MR) is 79.1 cm³/mol. The van der Waals surface area contributed by atoms with Crippen LogP contribution in [0.15, 0.2) is 24.3 Å². The maximum Gasteiger partial charge on any atom is 0.322 e. The molecule has 20 heavy (non-hydrogen) atoms. The van der Waals surface area contributed by atoms with Crippen LogP contribution in [0.1, 0.15) is 32.3 Å². The Bertz CT molecular complexity index is 497. The van der Waals surface area contributed by atoms with Crippen LogP contribution in [0.5, 0.6) is 0 Å². The molecule has 1 N–H and O–H groups in total. The molecule has 0 radical (unpaired) electrons. The van der Waals surface area contributed by atoms with Crippen molar-refractivity contribution >= 4 is 11.7 Å². The number of carbonyl (C=O) groups is 1. The van der Waals surface area contributed by atoms with Crippen molar-refractivity contribution in [2.75, 3.05) is 11.5 Å². The molecule has 3 atom stereocenters. The fourth-order valence-corrected chi connectivity index (χ4v) is 3.23. The first-order valence-electron chi connectivity index (χ1n) is 7.46. The highest BCUT2D eigenvalue weighted by Crippen LogP contribution is 2.31. The molecular weight excluding hydrogens is 252 g/mol. The molecule has 0 spiro atoms. The number of ether oxygens (including phenoxy) is 1. The van der Waals surface area contributed by atoms with Crippen LogP contribution in [0.2, 0.25) is 0 Å². The van der Waals surface area contributed by atoms with Crippen LogP contribution in [-0.4, -0.2) is 30.8 Å². The van der Waals surface area contributed by atoms with Gasteiger partial charge in [0.15, 0.2) is 0 Å². The van der Waals surface area contributed by atoms with E-state index in [0.717, 1.165) is 31.6 Å². The number of carbonyl (C=O) groups excluding carboxylic acids is 1. The lowest BCUT2D eigenvalue weighted by molar-refractivity contribution is 0.0863. The van der Waals surface area contributed by atoms with Crippen LogP contribution in [0.4, 0.5) is 10.5 Å². The fraction of sp³-hybridized carbons (Fsp3) is 0.562. The van der Waals surface area contributed by atoms with Gasteiger partial charge in [-0.3, -0.25) is 4.90 Å². The molecule has 2 heterocycles. The first-order chi connectivity index (χ1) is 9.66. The summed E-state index contributed by atoms with van der Waals surface area (Å²) >= 11 is 0. The second kappa shape index (κ2) is 5.44. The highest BCUT2D eigenvalue weighted by Gasteiger charge is 2.32. The zero-order valence-corrected chi connectivity index (χ0v) is 12.1. The second-order valence-corrected chi connectivity index (χ2v) is 5.84. The minimum absolute atomic E-state index is 0.00884. The van der Waals surface area contributed by atoms with E-state index in [1.165, 1.54) is 5.56 Å². The number of urea groups is 1. The summed E-state index contributed by atoms with van der Waals surface area (Å²) in [5.41, 5.74) is 2.29. The van der Waals surface area contributed by atoms with Crippen LogP contribution >= 0.6 is 0 Å². The molecule has 0 aliphatic carbocycles. The number of fused-ring (bicyclic) bond motifs is 1. The highest BCUT2D eigenvalue weighted by molar-refractivity contribution is 5.95. The number of hydrogen-bond donors (Lipinski definition) is 1. The summed E-state index contributed by atoms with van der Waals surface area (Å²) in [5.74, 6) is 0. The number of benzene rings is 1. The van der Waals surface area contributed by atoms with Gasteiger partial charge >= 0.3 is 6.03 Å². The number of amides is 2. The summed E-state index contributed by atoms with van der Waals surface area (Å²) in [6.45, 7) is 4.94. The van der Waals surface area contributed by atoms with Crippen molar-refractivity contribution in [3.63, 3.8) is 0 Å². The van der Waals surface area contributed by atoms with E-state index in [9.17, 15) is 4.79 Å². The number of nitrogens with one attached hydrogen (secondary N) is 1. The van der Waals surface area contributed by atoms with Gasteiger partial charge in [0.2, 0.25) is 0 Å². The summed E-state index contributed by atoms with van der Waals surface area (Å²) < 4.78 is 5.64. The Hall–Kier alpha value is -1.55. The first kappa shape index (κ1) is 13.4. The summed E-state index contributed by atoms with van der Waals surface area (Å²) in [7, 11) is 0. The van der Waals surface area contributed by atoms with Gasteiger partial charge in [0.25, 0.3) is 0 Å². The van der Waals surface area contributed by atoms with Crippen LogP contribution in [0.3, 0.4) is 0 Å². The van der Waals surface area contributed by atoms with Gasteiger partial charge in [-0.15, -0.1) is 0 Å². The van der Waals surface area contributed by atoms with E-state index in [1.54, 1.807) is 0 Å². The third-order valence-corrected chi connectivity index (χ3v) is 4.30. The lowest BCUT2D eigenvalue weighted by Crippen LogP contribution is -2.49. The van der Waals surface area contributed by atoms with E-state index in [0.29, 0.717) is 0 Å². The number of nitrogens with zero attached hydrogens (tertiary/aromatic N) is 1. The lowest BCUT2D eigenvalue weighted by atomic mass is 10.1. The average molecular weight is 274 g/mol. The van der Waals surface area contributed by atoms with Crippen molar-refractivity contribution in [1.29, 1.82) is 0 Å². The maximum atomic E-state index is 12.5. The minimum atomic E-state index is -0.00884. The Labute approximate surface area is 120 Å². The molecule has 2 aliphatic heterocycles. The molecule has 4 nitrogen and oxygen atoms in total. The van der Waals surface area contributed by atoms with Gasteiger partial charge in [0.1, 0.15) is 0 Å². The normalized spacial score (nSPS) is 26.4. The quantitative estimate of drug-likeness (QED) is 0.901. The smallest absolute Gasteiger partial charge is 0.322 e. The molecule has 108 valence electrons. The zero-order valence-electron chi connectivity index (χ0n) is 12.1. The molecule has 0 aromatic heterocycles. The summed E-state index contributed by atoms with van der Waals surface area (Å²) in [5, 5.41) is 3.10. The maximum absolute atomic E-state index is 12.5. The third-order valence-electron chi connectivity index (χ3n) is 4.30. The SMILES string of the molecule is C[C@H](NC(=O)N1c2ccccc2C[C@@H]1C)[C@@H]1CCCO1. The number of hydrogen-bond acceptors (Lipinski definition) is 2. The van der Waals surface area contributed by atoms with Gasteiger partial charge in [0.05, 0.1) is 12.1 Å². The molecule has 1 aromatic carbocycles. The largest absolute Gasteiger partial charge is 0.376 e. The molecule has 1 aromatic rings. The molecule has 1 saturated heterocycles. The van der Waals surface area contributed by atoms with Gasteiger partial charge in [-0.25, -0.2) is 4.79 Å². The molecule has 3 rings (SSSR count). The predicted octanol–water partition coefficient (Wildman–Crippen LogP) is 2.71. The molecule has 0 unspecified atom stereocenters. The van der Waals surface area contributed by atoms with Gasteiger partial charge < -0.3 is 10.1 Å². The van der Waals surface area contributed by atoms with Gasteiger partial charge in [-0.05, 0) is 44.7 Å². The highest BCUT2D eigenvalue weighted by atomic mass is 16.5. The van der Waals surface area contributed by atoms with Crippen LogP contribution in [-0.2, 0) is 11.2 Å². The topological polar surface area (TPSA) is 41.6 Å². The van der Waals surface area contributed by atoms with Crippen molar-refractivity contribution in [3.8, 4) is 0 Å². The van der Waals surface area contributed by atoms with Crippen LogP contribution in [0.25, 0.3) is 0 Å². The van der Waals surface area contributed by atoms with E-state index < -0.39 is 0 Å². The van der Waals surface area contributed by atoms with Crippen molar-refractivity contribution in [1.82, 2.24) is 5.32 Å². The van der Waals surface area contributed by atoms with Gasteiger partial charge in [-0.2, -0.15) is 0 Å². The number of rotatable bonds is 2. The molecule has 2 amide bonds. The van der Waals surface area contributed by atoms with Crippen molar-refractivity contribution in [2.24, 2.45) is 0 Å². The Morgan fingerprint density at radius 2 is 2.25 bits per heavy atom. The second-order valence-electron chi connectivity index (χ2n) is 5.84. The molecule has 4 heteroatoms. The molecular formula is C16H22N2O2. The molecule has 2 aliphatic rings. The molecule has 0 bridgehead atoms. The Kier molecular flexibility index (Phi) is 3.66.